The summed E-state index contributed by atoms with van der Waals surface area (Å²) in [6, 6.07) is 8.01. The monoisotopic (exact) mass is 424 g/mol. The molecule has 2 rings (SSSR count). The van der Waals surface area contributed by atoms with Crippen molar-refractivity contribution in [3.05, 3.63) is 35.9 Å². The molecule has 29 heavy (non-hydrogen) atoms. The first kappa shape index (κ1) is 22.7. The quantitative estimate of drug-likeness (QED) is 0.473. The number of hydrogen-bond acceptors (Lipinski definition) is 5. The van der Waals surface area contributed by atoms with Gasteiger partial charge in [-0.3, -0.25) is 20.4 Å². The molecule has 0 saturated carbocycles. The Balaban J connectivity index is 1.77. The highest BCUT2D eigenvalue weighted by Gasteiger charge is 2.30. The van der Waals surface area contributed by atoms with E-state index in [9.17, 15) is 22.8 Å². The number of carbonyl (C=O) groups excluding carboxylic acids is 3. The molecule has 4 N–H and O–H groups in total. The smallest absolute Gasteiger partial charge is 0.315 e. The summed E-state index contributed by atoms with van der Waals surface area (Å²) in [5.41, 5.74) is 5.53. The Hall–Kier alpha value is -2.62. The standard InChI is InChI=1S/C19H28N4O5S/c1-13(2)17(21-19(26)20-11-14-6-4-3-5-7-14)18(25)23-22-16(24)10-15-8-9-29(27,28)12-15/h3-7,13,15,17H,8-12H2,1-2H3,(H,22,24)(H,23,25)(H2,20,21,26). The predicted octanol–water partition coefficient (Wildman–Crippen LogP) is 0.483. The number of sulfone groups is 1. The molecule has 4 amide bonds. The highest BCUT2D eigenvalue weighted by molar-refractivity contribution is 7.91. The fourth-order valence-corrected chi connectivity index (χ4v) is 4.92. The molecule has 2 unspecified atom stereocenters. The zero-order valence-corrected chi connectivity index (χ0v) is 17.4. The van der Waals surface area contributed by atoms with Crippen molar-refractivity contribution in [3.8, 4) is 0 Å². The van der Waals surface area contributed by atoms with E-state index in [-0.39, 0.29) is 29.8 Å². The third-order valence-corrected chi connectivity index (χ3v) is 6.49. The first-order valence-corrected chi connectivity index (χ1v) is 11.4. The average molecular weight is 425 g/mol. The summed E-state index contributed by atoms with van der Waals surface area (Å²) < 4.78 is 22.9. The molecule has 1 saturated heterocycles. The molecule has 9 nitrogen and oxygen atoms in total. The molecule has 1 aliphatic heterocycles. The SMILES string of the molecule is CC(C)C(NC(=O)NCc1ccccc1)C(=O)NNC(=O)CC1CCS(=O)(=O)C1. The second kappa shape index (κ2) is 10.2. The third-order valence-electron chi connectivity index (χ3n) is 4.66. The molecule has 0 spiro atoms. The number of rotatable bonds is 7. The number of nitrogens with one attached hydrogen (secondary N) is 4. The lowest BCUT2D eigenvalue weighted by molar-refractivity contribution is -0.130. The molecule has 1 aromatic carbocycles. The van der Waals surface area contributed by atoms with E-state index in [4.69, 9.17) is 0 Å². The molecule has 0 aromatic heterocycles. The first-order valence-electron chi connectivity index (χ1n) is 9.53. The van der Waals surface area contributed by atoms with Crippen LogP contribution in [-0.4, -0.2) is 43.8 Å². The Morgan fingerprint density at radius 1 is 1.10 bits per heavy atom. The Bertz CT molecular complexity index is 826. The van der Waals surface area contributed by atoms with E-state index in [1.54, 1.807) is 13.8 Å². The van der Waals surface area contributed by atoms with Crippen LogP contribution >= 0.6 is 0 Å². The van der Waals surface area contributed by atoms with Crippen LogP contribution in [0, 0.1) is 11.8 Å². The van der Waals surface area contributed by atoms with Crippen molar-refractivity contribution in [1.82, 2.24) is 21.5 Å². The number of urea groups is 1. The van der Waals surface area contributed by atoms with Crippen molar-refractivity contribution in [2.75, 3.05) is 11.5 Å². The summed E-state index contributed by atoms with van der Waals surface area (Å²) in [6.07, 6.45) is 0.471. The van der Waals surface area contributed by atoms with E-state index in [1.165, 1.54) is 0 Å². The lowest BCUT2D eigenvalue weighted by Crippen LogP contribution is -2.56. The zero-order chi connectivity index (χ0) is 21.4. The number of hydrogen-bond donors (Lipinski definition) is 4. The van der Waals surface area contributed by atoms with Crippen molar-refractivity contribution < 1.29 is 22.8 Å². The number of carbonyl (C=O) groups is 3. The van der Waals surface area contributed by atoms with E-state index in [1.807, 2.05) is 30.3 Å². The van der Waals surface area contributed by atoms with Crippen molar-refractivity contribution in [2.45, 2.75) is 39.3 Å². The van der Waals surface area contributed by atoms with E-state index < -0.39 is 33.7 Å². The van der Waals surface area contributed by atoms with Crippen LogP contribution in [0.5, 0.6) is 0 Å². The minimum Gasteiger partial charge on any atom is -0.334 e. The molecule has 160 valence electrons. The van der Waals surface area contributed by atoms with E-state index in [0.29, 0.717) is 13.0 Å². The molecule has 0 bridgehead atoms. The van der Waals surface area contributed by atoms with Crippen LogP contribution in [0.1, 0.15) is 32.3 Å². The molecule has 1 fully saturated rings. The minimum atomic E-state index is -3.06. The lowest BCUT2D eigenvalue weighted by Gasteiger charge is -2.22. The normalized spacial score (nSPS) is 18.7. The van der Waals surface area contributed by atoms with Gasteiger partial charge in [0.2, 0.25) is 5.91 Å². The van der Waals surface area contributed by atoms with Crippen LogP contribution in [0.4, 0.5) is 4.79 Å². The summed E-state index contributed by atoms with van der Waals surface area (Å²) in [6.45, 7) is 3.86. The Kier molecular flexibility index (Phi) is 8.00. The Labute approximate surface area is 170 Å². The third kappa shape index (κ3) is 7.72. The van der Waals surface area contributed by atoms with Crippen molar-refractivity contribution >= 4 is 27.7 Å². The van der Waals surface area contributed by atoms with E-state index in [0.717, 1.165) is 5.56 Å². The topological polar surface area (TPSA) is 133 Å². The summed E-state index contributed by atoms with van der Waals surface area (Å²) in [7, 11) is -3.06. The fourth-order valence-electron chi connectivity index (χ4n) is 3.06. The van der Waals surface area contributed by atoms with Crippen LogP contribution in [0.15, 0.2) is 30.3 Å². The molecular weight excluding hydrogens is 396 g/mol. The van der Waals surface area contributed by atoms with Gasteiger partial charge in [-0.2, -0.15) is 0 Å². The second-order valence-electron chi connectivity index (χ2n) is 7.54. The summed E-state index contributed by atoms with van der Waals surface area (Å²) >= 11 is 0. The van der Waals surface area contributed by atoms with E-state index in [2.05, 4.69) is 21.5 Å². The molecule has 0 radical (unpaired) electrons. The molecule has 10 heteroatoms. The lowest BCUT2D eigenvalue weighted by atomic mass is 10.0. The Morgan fingerprint density at radius 3 is 2.38 bits per heavy atom. The van der Waals surface area contributed by atoms with Gasteiger partial charge in [-0.05, 0) is 23.8 Å². The summed E-state index contributed by atoms with van der Waals surface area (Å²) in [5.74, 6) is -1.38. The van der Waals surface area contributed by atoms with Gasteiger partial charge >= 0.3 is 6.03 Å². The van der Waals surface area contributed by atoms with Crippen LogP contribution in [0.25, 0.3) is 0 Å². The second-order valence-corrected chi connectivity index (χ2v) is 9.77. The van der Waals surface area contributed by atoms with Crippen LogP contribution in [-0.2, 0) is 26.0 Å². The van der Waals surface area contributed by atoms with Crippen LogP contribution in [0.3, 0.4) is 0 Å². The van der Waals surface area contributed by atoms with Gasteiger partial charge < -0.3 is 10.6 Å². The maximum absolute atomic E-state index is 12.4. The van der Waals surface area contributed by atoms with Crippen LogP contribution < -0.4 is 21.5 Å². The average Bonchev–Trinajstić information content (AvgIpc) is 3.01. The number of hydrazine groups is 1. The highest BCUT2D eigenvalue weighted by atomic mass is 32.2. The van der Waals surface area contributed by atoms with Gasteiger partial charge in [-0.25, -0.2) is 13.2 Å². The number of benzene rings is 1. The maximum atomic E-state index is 12.4. The summed E-state index contributed by atoms with van der Waals surface area (Å²) in [4.78, 5) is 36.5. The largest absolute Gasteiger partial charge is 0.334 e. The van der Waals surface area contributed by atoms with Gasteiger partial charge in [0.05, 0.1) is 11.5 Å². The molecule has 1 aromatic rings. The minimum absolute atomic E-state index is 0.00781. The molecule has 2 atom stereocenters. The van der Waals surface area contributed by atoms with Crippen molar-refractivity contribution in [3.63, 3.8) is 0 Å². The zero-order valence-electron chi connectivity index (χ0n) is 16.6. The molecular formula is C19H28N4O5S. The number of amides is 4. The predicted molar refractivity (Wildman–Crippen MR) is 108 cm³/mol. The molecule has 1 aliphatic rings. The van der Waals surface area contributed by atoms with Gasteiger partial charge in [-0.1, -0.05) is 44.2 Å². The fraction of sp³-hybridized carbons (Fsp3) is 0.526. The van der Waals surface area contributed by atoms with Gasteiger partial charge in [0, 0.05) is 13.0 Å². The molecule has 1 heterocycles. The summed E-state index contributed by atoms with van der Waals surface area (Å²) in [5, 5.41) is 5.29. The highest BCUT2D eigenvalue weighted by Crippen LogP contribution is 2.21. The van der Waals surface area contributed by atoms with Crippen LogP contribution in [0.2, 0.25) is 0 Å². The maximum Gasteiger partial charge on any atom is 0.315 e. The van der Waals surface area contributed by atoms with E-state index >= 15 is 0 Å². The molecule has 0 aliphatic carbocycles. The van der Waals surface area contributed by atoms with Gasteiger partial charge in [0.1, 0.15) is 6.04 Å². The first-order chi connectivity index (χ1) is 13.7. The Morgan fingerprint density at radius 2 is 1.79 bits per heavy atom. The van der Waals surface area contributed by atoms with Gasteiger partial charge in [-0.15, -0.1) is 0 Å². The van der Waals surface area contributed by atoms with Gasteiger partial charge in [0.15, 0.2) is 9.84 Å². The van der Waals surface area contributed by atoms with Gasteiger partial charge in [0.25, 0.3) is 5.91 Å². The van der Waals surface area contributed by atoms with Crippen molar-refractivity contribution in [2.24, 2.45) is 11.8 Å². The van der Waals surface area contributed by atoms with Crippen molar-refractivity contribution in [1.29, 1.82) is 0 Å².